The molecule has 0 N–H and O–H groups in total. The Kier molecular flexibility index (Phi) is 2.26. The van der Waals surface area contributed by atoms with Gasteiger partial charge in [0.1, 0.15) is 5.82 Å². The first kappa shape index (κ1) is 9.60. The van der Waals surface area contributed by atoms with Gasteiger partial charge in [0.15, 0.2) is 0 Å². The highest BCUT2D eigenvalue weighted by atomic mass is 79.9. The van der Waals surface area contributed by atoms with Crippen LogP contribution in [0.5, 0.6) is 0 Å². The number of rotatable bonds is 1. The van der Waals surface area contributed by atoms with E-state index >= 15 is 0 Å². The third-order valence-corrected chi connectivity index (χ3v) is 3.03. The number of aromatic nitrogens is 2. The minimum absolute atomic E-state index is 0.935. The third kappa shape index (κ3) is 1.53. The van der Waals surface area contributed by atoms with Crippen molar-refractivity contribution in [3.63, 3.8) is 0 Å². The highest BCUT2D eigenvalue weighted by Gasteiger charge is 2.02. The second kappa shape index (κ2) is 3.76. The first-order valence-corrected chi connectivity index (χ1v) is 5.82. The van der Waals surface area contributed by atoms with E-state index in [1.165, 1.54) is 10.9 Å². The lowest BCUT2D eigenvalue weighted by molar-refractivity contribution is 1.04. The van der Waals surface area contributed by atoms with Crippen molar-refractivity contribution in [2.75, 3.05) is 0 Å². The number of hydrogen-bond acceptors (Lipinski definition) is 1. The summed E-state index contributed by atoms with van der Waals surface area (Å²) in [5.41, 5.74) is 1.18. The Labute approximate surface area is 102 Å². The zero-order chi connectivity index (χ0) is 11.0. The zero-order valence-electron chi connectivity index (χ0n) is 8.47. The maximum absolute atomic E-state index is 4.39. The van der Waals surface area contributed by atoms with Gasteiger partial charge in [-0.25, -0.2) is 4.98 Å². The molecule has 0 saturated carbocycles. The average Bonchev–Trinajstić information content (AvgIpc) is 2.74. The molecule has 2 heterocycles. The monoisotopic (exact) mass is 272 g/mol. The van der Waals surface area contributed by atoms with E-state index in [1.54, 1.807) is 0 Å². The molecule has 78 valence electrons. The largest absolute Gasteiger partial charge is 0.301 e. The van der Waals surface area contributed by atoms with Crippen LogP contribution in [0, 0.1) is 0 Å². The van der Waals surface area contributed by atoms with Crippen molar-refractivity contribution in [3.05, 3.63) is 59.3 Å². The molecule has 2 nitrogen and oxygen atoms in total. The number of pyridine rings is 1. The lowest BCUT2D eigenvalue weighted by Gasteiger charge is -2.03. The van der Waals surface area contributed by atoms with Gasteiger partial charge in [0.05, 0.1) is 5.52 Å². The predicted molar refractivity (Wildman–Crippen MR) is 68.8 cm³/mol. The van der Waals surface area contributed by atoms with Gasteiger partial charge in [0, 0.05) is 16.9 Å². The van der Waals surface area contributed by atoms with E-state index in [-0.39, 0.29) is 0 Å². The highest BCUT2D eigenvalue weighted by Crippen LogP contribution is 2.19. The van der Waals surface area contributed by atoms with Gasteiger partial charge in [-0.3, -0.25) is 0 Å². The molecule has 0 bridgehead atoms. The topological polar surface area (TPSA) is 17.8 Å². The summed E-state index contributed by atoms with van der Waals surface area (Å²) in [5, 5.41) is 1.23. The van der Waals surface area contributed by atoms with Gasteiger partial charge in [-0.15, -0.1) is 0 Å². The van der Waals surface area contributed by atoms with Crippen LogP contribution in [0.4, 0.5) is 0 Å². The van der Waals surface area contributed by atoms with Crippen molar-refractivity contribution in [2.45, 2.75) is 0 Å². The van der Waals surface area contributed by atoms with Crippen molar-refractivity contribution in [2.24, 2.45) is 0 Å². The molecule has 0 unspecified atom stereocenters. The molecule has 0 saturated heterocycles. The van der Waals surface area contributed by atoms with E-state index in [4.69, 9.17) is 0 Å². The molecule has 3 rings (SSSR count). The zero-order valence-corrected chi connectivity index (χ0v) is 10.1. The van der Waals surface area contributed by atoms with Crippen molar-refractivity contribution in [1.29, 1.82) is 0 Å². The van der Waals surface area contributed by atoms with Crippen molar-refractivity contribution in [3.8, 4) is 5.82 Å². The van der Waals surface area contributed by atoms with E-state index in [9.17, 15) is 0 Å². The Balaban J connectivity index is 2.22. The summed E-state index contributed by atoms with van der Waals surface area (Å²) in [6.07, 6.45) is 3.85. The Morgan fingerprint density at radius 3 is 2.69 bits per heavy atom. The minimum atomic E-state index is 0.935. The van der Waals surface area contributed by atoms with Gasteiger partial charge >= 0.3 is 0 Å². The maximum atomic E-state index is 4.39. The summed E-state index contributed by atoms with van der Waals surface area (Å²) < 4.78 is 3.08. The number of benzene rings is 1. The summed E-state index contributed by atoms with van der Waals surface area (Å²) in [4.78, 5) is 4.39. The molecule has 0 amide bonds. The second-order valence-electron chi connectivity index (χ2n) is 3.58. The molecular weight excluding hydrogens is 264 g/mol. The van der Waals surface area contributed by atoms with E-state index in [2.05, 4.69) is 43.7 Å². The van der Waals surface area contributed by atoms with Gasteiger partial charge in [0.2, 0.25) is 0 Å². The number of para-hydroxylation sites is 1. The summed E-state index contributed by atoms with van der Waals surface area (Å²) in [6, 6.07) is 14.4. The van der Waals surface area contributed by atoms with Crippen LogP contribution < -0.4 is 0 Å². The third-order valence-electron chi connectivity index (χ3n) is 2.56. The standard InChI is InChI=1S/C13H9BrN2/c14-11-5-6-13(15-9-11)16-8-7-10-3-1-2-4-12(10)16/h1-9H. The molecule has 0 fully saturated rings. The normalized spacial score (nSPS) is 10.8. The maximum Gasteiger partial charge on any atom is 0.137 e. The summed E-state index contributed by atoms with van der Waals surface area (Å²) in [6.45, 7) is 0. The van der Waals surface area contributed by atoms with Gasteiger partial charge < -0.3 is 4.57 Å². The highest BCUT2D eigenvalue weighted by molar-refractivity contribution is 9.10. The molecule has 3 heteroatoms. The Hall–Kier alpha value is -1.61. The minimum Gasteiger partial charge on any atom is -0.301 e. The molecular formula is C13H9BrN2. The molecule has 0 atom stereocenters. The number of fused-ring (bicyclic) bond motifs is 1. The Morgan fingerprint density at radius 1 is 1.00 bits per heavy atom. The quantitative estimate of drug-likeness (QED) is 0.659. The van der Waals surface area contributed by atoms with Crippen LogP contribution in [-0.2, 0) is 0 Å². The van der Waals surface area contributed by atoms with Crippen LogP contribution in [0.3, 0.4) is 0 Å². The number of halogens is 1. The van der Waals surface area contributed by atoms with Gasteiger partial charge in [-0.05, 0) is 45.6 Å². The second-order valence-corrected chi connectivity index (χ2v) is 4.49. The van der Waals surface area contributed by atoms with Crippen molar-refractivity contribution in [1.82, 2.24) is 9.55 Å². The fraction of sp³-hybridized carbons (Fsp3) is 0. The van der Waals surface area contributed by atoms with Gasteiger partial charge in [0.25, 0.3) is 0 Å². The predicted octanol–water partition coefficient (Wildman–Crippen LogP) is 3.79. The molecule has 1 aromatic carbocycles. The molecule has 0 spiro atoms. The fourth-order valence-corrected chi connectivity index (χ4v) is 2.03. The first-order chi connectivity index (χ1) is 7.84. The summed E-state index contributed by atoms with van der Waals surface area (Å²) in [7, 11) is 0. The Bertz CT molecular complexity index is 626. The van der Waals surface area contributed by atoms with E-state index in [0.29, 0.717) is 0 Å². The van der Waals surface area contributed by atoms with Crippen LogP contribution in [0.15, 0.2) is 59.3 Å². The van der Waals surface area contributed by atoms with Crippen LogP contribution in [0.25, 0.3) is 16.7 Å². The van der Waals surface area contributed by atoms with Crippen molar-refractivity contribution >= 4 is 26.8 Å². The van der Waals surface area contributed by atoms with Crippen LogP contribution >= 0.6 is 15.9 Å². The summed E-state index contributed by atoms with van der Waals surface area (Å²) in [5.74, 6) is 0.935. The number of hydrogen-bond donors (Lipinski definition) is 0. The van der Waals surface area contributed by atoms with E-state index in [1.807, 2.05) is 36.7 Å². The SMILES string of the molecule is Brc1ccc(-n2ccc3ccccc32)nc1. The van der Waals surface area contributed by atoms with E-state index < -0.39 is 0 Å². The molecule has 0 radical (unpaired) electrons. The molecule has 0 aliphatic rings. The molecule has 0 aliphatic carbocycles. The van der Waals surface area contributed by atoms with Gasteiger partial charge in [-0.1, -0.05) is 18.2 Å². The van der Waals surface area contributed by atoms with Crippen LogP contribution in [0.1, 0.15) is 0 Å². The Morgan fingerprint density at radius 2 is 1.88 bits per heavy atom. The molecule has 16 heavy (non-hydrogen) atoms. The lowest BCUT2D eigenvalue weighted by atomic mass is 10.2. The van der Waals surface area contributed by atoms with E-state index in [0.717, 1.165) is 10.3 Å². The molecule has 3 aromatic rings. The molecule has 0 aliphatic heterocycles. The molecule has 2 aromatic heterocycles. The average molecular weight is 273 g/mol. The van der Waals surface area contributed by atoms with Crippen molar-refractivity contribution < 1.29 is 0 Å². The van der Waals surface area contributed by atoms with Gasteiger partial charge in [-0.2, -0.15) is 0 Å². The van der Waals surface area contributed by atoms with Crippen LogP contribution in [0.2, 0.25) is 0 Å². The number of nitrogens with zero attached hydrogens (tertiary/aromatic N) is 2. The summed E-state index contributed by atoms with van der Waals surface area (Å²) >= 11 is 3.39. The first-order valence-electron chi connectivity index (χ1n) is 5.02. The smallest absolute Gasteiger partial charge is 0.137 e. The fourth-order valence-electron chi connectivity index (χ4n) is 1.79. The lowest BCUT2D eigenvalue weighted by Crippen LogP contribution is -1.94. The van der Waals surface area contributed by atoms with Crippen LogP contribution in [-0.4, -0.2) is 9.55 Å².